The van der Waals surface area contributed by atoms with Crippen LogP contribution in [-0.4, -0.2) is 86.1 Å². The SMILES string of the molecule is COc1cc(F)cc(F)c1C(C)(C)C(=O)NC(CCN(CCCCc1ccc2c(n1)NCCC2)CC(CF)OC)C(=O)O. The number of nitrogens with one attached hydrogen (secondary N) is 2. The van der Waals surface area contributed by atoms with Crippen LogP contribution < -0.4 is 15.4 Å². The number of rotatable bonds is 17. The number of aromatic nitrogens is 1. The number of methoxy groups -OCH3 is 2. The third-order valence-corrected chi connectivity index (χ3v) is 7.85. The zero-order valence-corrected chi connectivity index (χ0v) is 25.4. The lowest BCUT2D eigenvalue weighted by molar-refractivity contribution is -0.143. The molecule has 1 aliphatic heterocycles. The molecule has 0 saturated heterocycles. The summed E-state index contributed by atoms with van der Waals surface area (Å²) in [4.78, 5) is 32.0. The van der Waals surface area contributed by atoms with Gasteiger partial charge in [0.25, 0.3) is 0 Å². The number of hydrogen-bond donors (Lipinski definition) is 3. The Morgan fingerprint density at radius 2 is 1.95 bits per heavy atom. The van der Waals surface area contributed by atoms with Crippen LogP contribution in [0.2, 0.25) is 0 Å². The summed E-state index contributed by atoms with van der Waals surface area (Å²) in [7, 11) is 2.65. The highest BCUT2D eigenvalue weighted by Gasteiger charge is 2.38. The number of carboxylic acid groups (broad SMARTS) is 1. The number of fused-ring (bicyclic) bond motifs is 1. The van der Waals surface area contributed by atoms with Gasteiger partial charge in [-0.15, -0.1) is 0 Å². The van der Waals surface area contributed by atoms with Gasteiger partial charge in [0, 0.05) is 50.1 Å². The van der Waals surface area contributed by atoms with Crippen LogP contribution in [0.1, 0.15) is 56.4 Å². The van der Waals surface area contributed by atoms with Crippen LogP contribution in [0, 0.1) is 11.6 Å². The van der Waals surface area contributed by atoms with E-state index in [0.29, 0.717) is 12.6 Å². The van der Waals surface area contributed by atoms with E-state index in [0.717, 1.165) is 56.2 Å². The van der Waals surface area contributed by atoms with Crippen LogP contribution in [0.4, 0.5) is 19.0 Å². The van der Waals surface area contributed by atoms with Gasteiger partial charge in [-0.25, -0.2) is 22.9 Å². The van der Waals surface area contributed by atoms with Crippen LogP contribution in [0.5, 0.6) is 5.75 Å². The molecule has 1 aromatic carbocycles. The summed E-state index contributed by atoms with van der Waals surface area (Å²) in [6, 6.07) is 4.47. The second-order valence-corrected chi connectivity index (χ2v) is 11.4. The Kier molecular flexibility index (Phi) is 12.6. The molecule has 3 N–H and O–H groups in total. The Morgan fingerprint density at radius 3 is 2.63 bits per heavy atom. The van der Waals surface area contributed by atoms with E-state index in [2.05, 4.69) is 16.7 Å². The second kappa shape index (κ2) is 15.9. The Labute approximate surface area is 251 Å². The van der Waals surface area contributed by atoms with Crippen molar-refractivity contribution < 1.29 is 37.3 Å². The van der Waals surface area contributed by atoms with E-state index >= 15 is 0 Å². The molecule has 0 spiro atoms. The Morgan fingerprint density at radius 1 is 1.19 bits per heavy atom. The van der Waals surface area contributed by atoms with E-state index in [-0.39, 0.29) is 30.8 Å². The number of aryl methyl sites for hydroxylation is 2. The van der Waals surface area contributed by atoms with Gasteiger partial charge < -0.3 is 30.1 Å². The third kappa shape index (κ3) is 9.30. The first-order valence-electron chi connectivity index (χ1n) is 14.6. The third-order valence-electron chi connectivity index (χ3n) is 7.85. The summed E-state index contributed by atoms with van der Waals surface area (Å²) in [6.45, 7) is 4.09. The summed E-state index contributed by atoms with van der Waals surface area (Å²) in [5.41, 5.74) is 0.452. The first kappa shape index (κ1) is 34.1. The van der Waals surface area contributed by atoms with Crippen LogP contribution >= 0.6 is 0 Å². The smallest absolute Gasteiger partial charge is 0.326 e. The summed E-state index contributed by atoms with van der Waals surface area (Å²) in [5.74, 6) is -3.08. The van der Waals surface area contributed by atoms with Crippen molar-refractivity contribution in [2.24, 2.45) is 0 Å². The van der Waals surface area contributed by atoms with E-state index < -0.39 is 47.7 Å². The Balaban J connectivity index is 1.62. The molecular formula is C31H43F3N4O5. The number of halogens is 3. The molecule has 2 unspecified atom stereocenters. The standard InChI is InChI=1S/C31H43F3N4O5/c1-31(2,27-24(34)16-21(33)17-26(27)43-4)30(41)37-25(29(39)40)12-15-38(19-23(18-32)42-3)14-6-5-9-22-11-10-20-8-7-13-35-28(20)36-22/h10-11,16-17,23,25H,5-9,12-15,18-19H2,1-4H3,(H,35,36)(H,37,41)(H,39,40). The van der Waals surface area contributed by atoms with Crippen LogP contribution in [0.3, 0.4) is 0 Å². The molecule has 2 aromatic rings. The minimum atomic E-state index is -1.58. The van der Waals surface area contributed by atoms with Crippen molar-refractivity contribution in [1.29, 1.82) is 0 Å². The molecule has 1 amide bonds. The number of carbonyl (C=O) groups is 2. The van der Waals surface area contributed by atoms with Gasteiger partial charge in [0.15, 0.2) is 0 Å². The van der Waals surface area contributed by atoms with Crippen molar-refractivity contribution >= 4 is 17.7 Å². The predicted molar refractivity (Wildman–Crippen MR) is 157 cm³/mol. The van der Waals surface area contributed by atoms with E-state index in [1.54, 1.807) is 0 Å². The summed E-state index contributed by atoms with van der Waals surface area (Å²) >= 11 is 0. The fraction of sp³-hybridized carbons (Fsp3) is 0.581. The molecule has 0 aliphatic carbocycles. The highest BCUT2D eigenvalue weighted by atomic mass is 19.1. The van der Waals surface area contributed by atoms with Crippen LogP contribution in [0.25, 0.3) is 0 Å². The van der Waals surface area contributed by atoms with Crippen molar-refractivity contribution in [3.63, 3.8) is 0 Å². The van der Waals surface area contributed by atoms with E-state index in [1.807, 2.05) is 11.0 Å². The zero-order valence-electron chi connectivity index (χ0n) is 25.4. The minimum Gasteiger partial charge on any atom is -0.496 e. The Hall–Kier alpha value is -3.38. The van der Waals surface area contributed by atoms with Crippen LogP contribution in [-0.2, 0) is 32.6 Å². The molecule has 3 rings (SSSR count). The van der Waals surface area contributed by atoms with Gasteiger partial charge in [-0.1, -0.05) is 6.07 Å². The van der Waals surface area contributed by atoms with Crippen molar-refractivity contribution in [1.82, 2.24) is 15.2 Å². The number of anilines is 1. The molecule has 43 heavy (non-hydrogen) atoms. The molecule has 9 nitrogen and oxygen atoms in total. The van der Waals surface area contributed by atoms with Crippen LogP contribution in [0.15, 0.2) is 24.3 Å². The fourth-order valence-corrected chi connectivity index (χ4v) is 5.26. The summed E-state index contributed by atoms with van der Waals surface area (Å²) in [5, 5.41) is 15.7. The van der Waals surface area contributed by atoms with Gasteiger partial charge in [0.1, 0.15) is 35.9 Å². The molecule has 12 heteroatoms. The number of carbonyl (C=O) groups excluding carboxylic acids is 1. The molecule has 0 radical (unpaired) electrons. The number of benzene rings is 1. The predicted octanol–water partition coefficient (Wildman–Crippen LogP) is 4.27. The van der Waals surface area contributed by atoms with Gasteiger partial charge in [-0.3, -0.25) is 4.79 Å². The van der Waals surface area contributed by atoms with Crippen molar-refractivity contribution in [3.05, 3.63) is 52.7 Å². The lowest BCUT2D eigenvalue weighted by atomic mass is 9.82. The van der Waals surface area contributed by atoms with E-state index in [9.17, 15) is 27.9 Å². The number of unbranched alkanes of at least 4 members (excludes halogenated alkanes) is 1. The first-order valence-corrected chi connectivity index (χ1v) is 14.6. The molecule has 238 valence electrons. The van der Waals surface area contributed by atoms with Crippen molar-refractivity contribution in [3.8, 4) is 5.75 Å². The molecule has 2 atom stereocenters. The number of nitrogens with zero attached hydrogens (tertiary/aromatic N) is 2. The highest BCUT2D eigenvalue weighted by molar-refractivity contribution is 5.91. The number of ether oxygens (including phenoxy) is 2. The lowest BCUT2D eigenvalue weighted by Gasteiger charge is -2.30. The average molecular weight is 609 g/mol. The normalized spacial score (nSPS) is 14.5. The molecule has 1 aromatic heterocycles. The number of carboxylic acids is 1. The van der Waals surface area contributed by atoms with Crippen molar-refractivity contribution in [2.45, 2.75) is 69.9 Å². The second-order valence-electron chi connectivity index (χ2n) is 11.4. The maximum atomic E-state index is 14.8. The van der Waals surface area contributed by atoms with Gasteiger partial charge in [-0.05, 0) is 70.5 Å². The largest absolute Gasteiger partial charge is 0.496 e. The Bertz CT molecular complexity index is 1240. The van der Waals surface area contributed by atoms with Crippen molar-refractivity contribution in [2.75, 3.05) is 52.4 Å². The summed E-state index contributed by atoms with van der Waals surface area (Å²) < 4.78 is 52.3. The average Bonchev–Trinajstić information content (AvgIpc) is 2.98. The molecule has 0 saturated carbocycles. The zero-order chi connectivity index (χ0) is 31.6. The first-order chi connectivity index (χ1) is 20.5. The maximum absolute atomic E-state index is 14.8. The van der Waals surface area contributed by atoms with E-state index in [4.69, 9.17) is 14.5 Å². The molecule has 2 heterocycles. The number of aliphatic carboxylic acids is 1. The molecule has 0 bridgehead atoms. The minimum absolute atomic E-state index is 0.0148. The topological polar surface area (TPSA) is 113 Å². The fourth-order valence-electron chi connectivity index (χ4n) is 5.26. The monoisotopic (exact) mass is 608 g/mol. The molecule has 1 aliphatic rings. The van der Waals surface area contributed by atoms with Gasteiger partial charge in [0.2, 0.25) is 5.91 Å². The maximum Gasteiger partial charge on any atom is 0.326 e. The van der Waals surface area contributed by atoms with Gasteiger partial charge >= 0.3 is 5.97 Å². The molecular weight excluding hydrogens is 565 g/mol. The number of amides is 1. The lowest BCUT2D eigenvalue weighted by Crippen LogP contribution is -2.50. The number of pyridine rings is 1. The quantitative estimate of drug-likeness (QED) is 0.228. The van der Waals surface area contributed by atoms with Gasteiger partial charge in [0.05, 0.1) is 18.6 Å². The van der Waals surface area contributed by atoms with Gasteiger partial charge in [-0.2, -0.15) is 0 Å². The van der Waals surface area contributed by atoms with E-state index in [1.165, 1.54) is 33.6 Å². The summed E-state index contributed by atoms with van der Waals surface area (Å²) in [6.07, 6.45) is 3.80. The number of hydrogen-bond acceptors (Lipinski definition) is 7. The highest BCUT2D eigenvalue weighted by Crippen LogP contribution is 2.35. The molecule has 0 fully saturated rings. The number of alkyl halides is 1.